The minimum Gasteiger partial charge on any atom is -0.392 e. The van der Waals surface area contributed by atoms with E-state index >= 15 is 0 Å². The third-order valence-corrected chi connectivity index (χ3v) is 6.01. The number of nitrogens with zero attached hydrogens (tertiary/aromatic N) is 1. The van der Waals surface area contributed by atoms with Gasteiger partial charge in [-0.1, -0.05) is 12.8 Å². The number of hydrogen-bond donors (Lipinski definition) is 2. The van der Waals surface area contributed by atoms with E-state index in [0.29, 0.717) is 19.7 Å². The van der Waals surface area contributed by atoms with Gasteiger partial charge >= 0.3 is 0 Å². The molecule has 1 aliphatic heterocycles. The van der Waals surface area contributed by atoms with E-state index in [-0.39, 0.29) is 23.5 Å². The molecular formula is C16H28N2O3. The molecule has 5 heteroatoms. The number of rotatable bonds is 3. The smallest absolute Gasteiger partial charge is 0.242 e. The van der Waals surface area contributed by atoms with Gasteiger partial charge in [0.15, 0.2) is 0 Å². The minimum atomic E-state index is -0.623. The summed E-state index contributed by atoms with van der Waals surface area (Å²) in [5, 5.41) is 10.2. The van der Waals surface area contributed by atoms with E-state index in [1.807, 2.05) is 11.8 Å². The molecule has 3 N–H and O–H groups in total. The monoisotopic (exact) mass is 296 g/mol. The van der Waals surface area contributed by atoms with Crippen LogP contribution in [0.3, 0.4) is 0 Å². The molecule has 0 radical (unpaired) electrons. The molecule has 0 aromatic heterocycles. The van der Waals surface area contributed by atoms with Crippen LogP contribution in [0, 0.1) is 5.41 Å². The van der Waals surface area contributed by atoms with Gasteiger partial charge in [0, 0.05) is 31.5 Å². The van der Waals surface area contributed by atoms with Crippen LogP contribution in [0.15, 0.2) is 0 Å². The van der Waals surface area contributed by atoms with E-state index < -0.39 is 5.54 Å². The van der Waals surface area contributed by atoms with Crippen molar-refractivity contribution in [2.45, 2.75) is 69.6 Å². The number of aliphatic hydroxyl groups is 1. The average molecular weight is 296 g/mol. The number of aliphatic hydroxyl groups excluding tert-OH is 1. The topological polar surface area (TPSA) is 75.8 Å². The summed E-state index contributed by atoms with van der Waals surface area (Å²) in [6.45, 7) is 4.10. The van der Waals surface area contributed by atoms with Crippen LogP contribution in [-0.2, 0) is 9.53 Å². The quantitative estimate of drug-likeness (QED) is 0.816. The third kappa shape index (κ3) is 2.39. The highest BCUT2D eigenvalue weighted by molar-refractivity contribution is 5.86. The Balaban J connectivity index is 1.61. The maximum absolute atomic E-state index is 12.6. The number of likely N-dealkylation sites (tertiary alicyclic amines) is 1. The lowest BCUT2D eigenvalue weighted by atomic mass is 9.58. The third-order valence-electron chi connectivity index (χ3n) is 6.01. The molecule has 2 atom stereocenters. The number of hydrogen-bond acceptors (Lipinski definition) is 4. The number of piperidine rings is 1. The van der Waals surface area contributed by atoms with Crippen LogP contribution in [0.2, 0.25) is 0 Å². The summed E-state index contributed by atoms with van der Waals surface area (Å²) in [4.78, 5) is 14.6. The van der Waals surface area contributed by atoms with Crippen molar-refractivity contribution in [2.24, 2.45) is 11.1 Å². The molecule has 0 unspecified atom stereocenters. The van der Waals surface area contributed by atoms with Crippen LogP contribution in [0.1, 0.15) is 51.9 Å². The fourth-order valence-corrected chi connectivity index (χ4v) is 4.48. The standard InChI is InChI=1S/C16H28N2O3/c1-2-21-13-11-12(19)15(13)7-9-18(10-8-15)14(20)16(17)5-3-4-6-16/h12-13,19H,2-11,17H2,1H3/t12-,13-/m0/s1. The Bertz CT molecular complexity index is 396. The first-order valence-electron chi connectivity index (χ1n) is 8.40. The van der Waals surface area contributed by atoms with Gasteiger partial charge in [0.2, 0.25) is 5.91 Å². The first-order chi connectivity index (χ1) is 10.0. The van der Waals surface area contributed by atoms with Gasteiger partial charge in [-0.05, 0) is 32.6 Å². The summed E-state index contributed by atoms with van der Waals surface area (Å²) in [6.07, 6.45) is 6.05. The molecule has 1 heterocycles. The van der Waals surface area contributed by atoms with E-state index in [0.717, 1.165) is 44.9 Å². The fraction of sp³-hybridized carbons (Fsp3) is 0.938. The highest BCUT2D eigenvalue weighted by Gasteiger charge is 2.57. The second kappa shape index (κ2) is 5.52. The van der Waals surface area contributed by atoms with Gasteiger partial charge in [0.25, 0.3) is 0 Å². The van der Waals surface area contributed by atoms with Crippen LogP contribution in [0.5, 0.6) is 0 Å². The van der Waals surface area contributed by atoms with Crippen LogP contribution < -0.4 is 5.73 Å². The average Bonchev–Trinajstić information content (AvgIpc) is 2.94. The van der Waals surface area contributed by atoms with Crippen LogP contribution >= 0.6 is 0 Å². The van der Waals surface area contributed by atoms with E-state index in [1.165, 1.54) is 0 Å². The van der Waals surface area contributed by atoms with Gasteiger partial charge in [-0.25, -0.2) is 0 Å². The van der Waals surface area contributed by atoms with Crippen molar-refractivity contribution < 1.29 is 14.6 Å². The van der Waals surface area contributed by atoms with Gasteiger partial charge in [0.05, 0.1) is 17.7 Å². The molecule has 1 spiro atoms. The summed E-state index contributed by atoms with van der Waals surface area (Å²) < 4.78 is 5.77. The molecule has 3 rings (SSSR count). The largest absolute Gasteiger partial charge is 0.392 e. The molecule has 2 aliphatic carbocycles. The lowest BCUT2D eigenvalue weighted by Crippen LogP contribution is -2.64. The number of carbonyl (C=O) groups is 1. The molecule has 21 heavy (non-hydrogen) atoms. The SMILES string of the molecule is CCO[C@H]1C[C@H](O)C12CCN(C(=O)C1(N)CCCC1)CC2. The highest BCUT2D eigenvalue weighted by atomic mass is 16.5. The van der Waals surface area contributed by atoms with Crippen molar-refractivity contribution in [1.82, 2.24) is 4.90 Å². The Morgan fingerprint density at radius 1 is 1.29 bits per heavy atom. The first-order valence-corrected chi connectivity index (χ1v) is 8.40. The van der Waals surface area contributed by atoms with E-state index in [4.69, 9.17) is 10.5 Å². The van der Waals surface area contributed by atoms with Crippen molar-refractivity contribution in [3.05, 3.63) is 0 Å². The van der Waals surface area contributed by atoms with Crippen molar-refractivity contribution in [3.63, 3.8) is 0 Å². The van der Waals surface area contributed by atoms with Crippen LogP contribution in [0.25, 0.3) is 0 Å². The number of carbonyl (C=O) groups excluding carboxylic acids is 1. The van der Waals surface area contributed by atoms with E-state index in [9.17, 15) is 9.90 Å². The summed E-state index contributed by atoms with van der Waals surface area (Å²) in [6, 6.07) is 0. The number of amides is 1. The fourth-order valence-electron chi connectivity index (χ4n) is 4.48. The van der Waals surface area contributed by atoms with Crippen molar-refractivity contribution in [1.29, 1.82) is 0 Å². The molecule has 5 nitrogen and oxygen atoms in total. The molecule has 120 valence electrons. The normalized spacial score (nSPS) is 34.0. The molecular weight excluding hydrogens is 268 g/mol. The zero-order valence-corrected chi connectivity index (χ0v) is 13.0. The molecule has 2 saturated carbocycles. The van der Waals surface area contributed by atoms with Gasteiger partial charge < -0.3 is 20.5 Å². The maximum atomic E-state index is 12.6. The van der Waals surface area contributed by atoms with E-state index in [2.05, 4.69) is 0 Å². The summed E-state index contributed by atoms with van der Waals surface area (Å²) >= 11 is 0. The molecule has 3 aliphatic rings. The molecule has 1 amide bonds. The first kappa shape index (κ1) is 15.3. The second-order valence-electron chi connectivity index (χ2n) is 7.08. The molecule has 1 saturated heterocycles. The van der Waals surface area contributed by atoms with E-state index in [1.54, 1.807) is 0 Å². The number of nitrogens with two attached hydrogens (primary N) is 1. The molecule has 0 aromatic carbocycles. The van der Waals surface area contributed by atoms with Gasteiger partial charge in [-0.3, -0.25) is 4.79 Å². The Morgan fingerprint density at radius 2 is 1.90 bits per heavy atom. The highest BCUT2D eigenvalue weighted by Crippen LogP contribution is 2.51. The predicted molar refractivity (Wildman–Crippen MR) is 79.7 cm³/mol. The van der Waals surface area contributed by atoms with Gasteiger partial charge in [0.1, 0.15) is 0 Å². The van der Waals surface area contributed by atoms with Crippen molar-refractivity contribution >= 4 is 5.91 Å². The minimum absolute atomic E-state index is 0.121. The van der Waals surface area contributed by atoms with Crippen LogP contribution in [-0.4, -0.2) is 53.4 Å². The Hall–Kier alpha value is -0.650. The zero-order chi connectivity index (χ0) is 15.1. The predicted octanol–water partition coefficient (Wildman–Crippen LogP) is 1.04. The Labute approximate surface area is 126 Å². The summed E-state index contributed by atoms with van der Waals surface area (Å²) in [7, 11) is 0. The second-order valence-corrected chi connectivity index (χ2v) is 7.08. The Morgan fingerprint density at radius 3 is 2.43 bits per heavy atom. The Kier molecular flexibility index (Phi) is 4.01. The van der Waals surface area contributed by atoms with Crippen molar-refractivity contribution in [2.75, 3.05) is 19.7 Å². The molecule has 0 aromatic rings. The van der Waals surface area contributed by atoms with Gasteiger partial charge in [-0.15, -0.1) is 0 Å². The lowest BCUT2D eigenvalue weighted by molar-refractivity contribution is -0.210. The summed E-state index contributed by atoms with van der Waals surface area (Å²) in [5.74, 6) is 0.122. The molecule has 3 fully saturated rings. The summed E-state index contributed by atoms with van der Waals surface area (Å²) in [5.41, 5.74) is 5.54. The van der Waals surface area contributed by atoms with Crippen LogP contribution in [0.4, 0.5) is 0 Å². The van der Waals surface area contributed by atoms with Gasteiger partial charge in [-0.2, -0.15) is 0 Å². The lowest BCUT2D eigenvalue weighted by Gasteiger charge is -2.57. The zero-order valence-electron chi connectivity index (χ0n) is 13.0. The number of ether oxygens (including phenoxy) is 1. The van der Waals surface area contributed by atoms with Crippen molar-refractivity contribution in [3.8, 4) is 0 Å². The maximum Gasteiger partial charge on any atom is 0.242 e. The molecule has 0 bridgehead atoms.